The quantitative estimate of drug-likeness (QED) is 0.470. The van der Waals surface area contributed by atoms with E-state index < -0.39 is 0 Å². The van der Waals surface area contributed by atoms with Crippen LogP contribution in [0.25, 0.3) is 0 Å². The summed E-state index contributed by atoms with van der Waals surface area (Å²) in [4.78, 5) is 0. The van der Waals surface area contributed by atoms with Crippen LogP contribution in [0.4, 0.5) is 0 Å². The summed E-state index contributed by atoms with van der Waals surface area (Å²) in [6.45, 7) is 9.05. The van der Waals surface area contributed by atoms with Crippen molar-refractivity contribution in [3.63, 3.8) is 0 Å². The third kappa shape index (κ3) is 4.52. The van der Waals surface area contributed by atoms with Crippen LogP contribution in [0.1, 0.15) is 52.9 Å². The predicted octanol–water partition coefficient (Wildman–Crippen LogP) is 2.97. The monoisotopic (exact) mass is 213 g/mol. The van der Waals surface area contributed by atoms with Gasteiger partial charge in [-0.25, -0.2) is 0 Å². The molecule has 0 spiro atoms. The van der Waals surface area contributed by atoms with E-state index >= 15 is 0 Å². The van der Waals surface area contributed by atoms with E-state index in [4.69, 9.17) is 4.74 Å². The first kappa shape index (κ1) is 13.0. The average molecular weight is 213 g/mol. The Morgan fingerprint density at radius 1 is 1.13 bits per heavy atom. The standard InChI is InChI=1S/C13H27NO/c1-4-7-12-13(15-12)11(6-3)8-10-14-9-5-2/h11-14H,4-10H2,1-3H3. The van der Waals surface area contributed by atoms with Gasteiger partial charge in [0.05, 0.1) is 12.2 Å². The molecule has 2 nitrogen and oxygen atoms in total. The molecule has 0 aliphatic carbocycles. The van der Waals surface area contributed by atoms with Crippen molar-refractivity contribution in [3.8, 4) is 0 Å². The summed E-state index contributed by atoms with van der Waals surface area (Å²) in [6.07, 6.45) is 7.45. The van der Waals surface area contributed by atoms with Crippen molar-refractivity contribution in [1.29, 1.82) is 0 Å². The normalized spacial score (nSPS) is 26.6. The highest BCUT2D eigenvalue weighted by Gasteiger charge is 2.42. The Morgan fingerprint density at radius 3 is 2.53 bits per heavy atom. The van der Waals surface area contributed by atoms with Gasteiger partial charge in [0.1, 0.15) is 0 Å². The zero-order chi connectivity index (χ0) is 11.1. The molecule has 0 aromatic rings. The first-order valence-electron chi connectivity index (χ1n) is 6.69. The molecule has 1 aliphatic rings. The second-order valence-corrected chi connectivity index (χ2v) is 4.63. The van der Waals surface area contributed by atoms with Crippen molar-refractivity contribution in [2.45, 2.75) is 65.1 Å². The van der Waals surface area contributed by atoms with E-state index in [0.717, 1.165) is 19.0 Å². The van der Waals surface area contributed by atoms with Gasteiger partial charge in [-0.2, -0.15) is 0 Å². The first-order valence-corrected chi connectivity index (χ1v) is 6.69. The van der Waals surface area contributed by atoms with Crippen LogP contribution in [-0.4, -0.2) is 25.3 Å². The summed E-state index contributed by atoms with van der Waals surface area (Å²) in [5.41, 5.74) is 0. The van der Waals surface area contributed by atoms with Crippen LogP contribution in [0, 0.1) is 5.92 Å². The highest BCUT2D eigenvalue weighted by molar-refractivity contribution is 4.89. The fourth-order valence-corrected chi connectivity index (χ4v) is 2.28. The molecule has 1 saturated heterocycles. The van der Waals surface area contributed by atoms with Gasteiger partial charge in [0.2, 0.25) is 0 Å². The van der Waals surface area contributed by atoms with E-state index in [-0.39, 0.29) is 0 Å². The summed E-state index contributed by atoms with van der Waals surface area (Å²) >= 11 is 0. The molecule has 0 saturated carbocycles. The molecule has 0 aromatic carbocycles. The minimum Gasteiger partial charge on any atom is -0.369 e. The molecule has 0 bridgehead atoms. The van der Waals surface area contributed by atoms with Gasteiger partial charge in [0, 0.05) is 0 Å². The maximum atomic E-state index is 5.74. The molecule has 90 valence electrons. The fraction of sp³-hybridized carbons (Fsp3) is 1.00. The number of ether oxygens (including phenoxy) is 1. The summed E-state index contributed by atoms with van der Waals surface area (Å²) in [7, 11) is 0. The molecule has 1 N–H and O–H groups in total. The minimum absolute atomic E-state index is 0.582. The number of nitrogens with one attached hydrogen (secondary N) is 1. The largest absolute Gasteiger partial charge is 0.369 e. The molecule has 1 aliphatic heterocycles. The Hall–Kier alpha value is -0.0800. The Morgan fingerprint density at radius 2 is 1.93 bits per heavy atom. The van der Waals surface area contributed by atoms with E-state index in [1.807, 2.05) is 0 Å². The highest BCUT2D eigenvalue weighted by atomic mass is 16.6. The molecule has 1 heterocycles. The SMILES string of the molecule is CCCNCCC(CC)C1OC1CCC. The van der Waals surface area contributed by atoms with Gasteiger partial charge in [0.25, 0.3) is 0 Å². The molecular formula is C13H27NO. The van der Waals surface area contributed by atoms with E-state index in [1.165, 1.54) is 32.1 Å². The van der Waals surface area contributed by atoms with E-state index in [9.17, 15) is 0 Å². The van der Waals surface area contributed by atoms with Crippen molar-refractivity contribution in [1.82, 2.24) is 5.32 Å². The molecule has 1 rings (SSSR count). The molecule has 1 fully saturated rings. The van der Waals surface area contributed by atoms with Gasteiger partial charge < -0.3 is 10.1 Å². The molecule has 3 unspecified atom stereocenters. The molecule has 3 atom stereocenters. The number of epoxide rings is 1. The molecule has 0 amide bonds. The van der Waals surface area contributed by atoms with Crippen molar-refractivity contribution in [3.05, 3.63) is 0 Å². The van der Waals surface area contributed by atoms with Crippen LogP contribution in [0.15, 0.2) is 0 Å². The van der Waals surface area contributed by atoms with Crippen LogP contribution in [0.3, 0.4) is 0 Å². The smallest absolute Gasteiger partial charge is 0.0870 e. The lowest BCUT2D eigenvalue weighted by Crippen LogP contribution is -2.21. The third-order valence-corrected chi connectivity index (χ3v) is 3.30. The Kier molecular flexibility index (Phi) is 6.26. The Balaban J connectivity index is 2.09. The van der Waals surface area contributed by atoms with Crippen LogP contribution in [0.2, 0.25) is 0 Å². The minimum atomic E-state index is 0.582. The number of hydrogen-bond donors (Lipinski definition) is 1. The zero-order valence-corrected chi connectivity index (χ0v) is 10.6. The Labute approximate surface area is 94.8 Å². The van der Waals surface area contributed by atoms with Crippen LogP contribution < -0.4 is 5.32 Å². The van der Waals surface area contributed by atoms with Crippen molar-refractivity contribution >= 4 is 0 Å². The lowest BCUT2D eigenvalue weighted by atomic mass is 9.95. The second-order valence-electron chi connectivity index (χ2n) is 4.63. The summed E-state index contributed by atoms with van der Waals surface area (Å²) < 4.78 is 5.74. The molecule has 15 heavy (non-hydrogen) atoms. The van der Waals surface area contributed by atoms with Crippen LogP contribution in [0.5, 0.6) is 0 Å². The summed E-state index contributed by atoms with van der Waals surface area (Å²) in [5.74, 6) is 0.783. The van der Waals surface area contributed by atoms with Gasteiger partial charge in [0.15, 0.2) is 0 Å². The molecule has 0 aromatic heterocycles. The summed E-state index contributed by atoms with van der Waals surface area (Å²) in [5, 5.41) is 3.47. The van der Waals surface area contributed by atoms with Gasteiger partial charge >= 0.3 is 0 Å². The lowest BCUT2D eigenvalue weighted by molar-refractivity contribution is 0.295. The zero-order valence-electron chi connectivity index (χ0n) is 10.6. The van der Waals surface area contributed by atoms with E-state index in [1.54, 1.807) is 0 Å². The van der Waals surface area contributed by atoms with Crippen molar-refractivity contribution < 1.29 is 4.74 Å². The maximum Gasteiger partial charge on any atom is 0.0870 e. The number of hydrogen-bond acceptors (Lipinski definition) is 2. The van der Waals surface area contributed by atoms with Crippen LogP contribution >= 0.6 is 0 Å². The first-order chi connectivity index (χ1) is 7.33. The molecule has 2 heteroatoms. The van der Waals surface area contributed by atoms with E-state index in [2.05, 4.69) is 26.1 Å². The summed E-state index contributed by atoms with van der Waals surface area (Å²) in [6, 6.07) is 0. The third-order valence-electron chi connectivity index (χ3n) is 3.30. The molecular weight excluding hydrogens is 186 g/mol. The van der Waals surface area contributed by atoms with Gasteiger partial charge in [-0.1, -0.05) is 33.6 Å². The van der Waals surface area contributed by atoms with Gasteiger partial charge in [-0.3, -0.25) is 0 Å². The van der Waals surface area contributed by atoms with Crippen molar-refractivity contribution in [2.24, 2.45) is 5.92 Å². The molecule has 0 radical (unpaired) electrons. The maximum absolute atomic E-state index is 5.74. The van der Waals surface area contributed by atoms with Crippen molar-refractivity contribution in [2.75, 3.05) is 13.1 Å². The van der Waals surface area contributed by atoms with Crippen LogP contribution in [-0.2, 0) is 4.74 Å². The average Bonchev–Trinajstić information content (AvgIpc) is 2.98. The fourth-order valence-electron chi connectivity index (χ4n) is 2.28. The van der Waals surface area contributed by atoms with E-state index in [0.29, 0.717) is 12.2 Å². The Bertz CT molecular complexity index is 161. The van der Waals surface area contributed by atoms with Gasteiger partial charge in [-0.05, 0) is 38.3 Å². The van der Waals surface area contributed by atoms with Gasteiger partial charge in [-0.15, -0.1) is 0 Å². The highest BCUT2D eigenvalue weighted by Crippen LogP contribution is 2.35. The number of rotatable bonds is 9. The lowest BCUT2D eigenvalue weighted by Gasteiger charge is -2.12. The predicted molar refractivity (Wildman–Crippen MR) is 65.1 cm³/mol. The topological polar surface area (TPSA) is 24.6 Å². The second kappa shape index (κ2) is 7.24.